The summed E-state index contributed by atoms with van der Waals surface area (Å²) >= 11 is 0. The predicted octanol–water partition coefficient (Wildman–Crippen LogP) is 1.26. The van der Waals surface area contributed by atoms with Crippen LogP contribution in [-0.4, -0.2) is 32.1 Å². The van der Waals surface area contributed by atoms with Crippen LogP contribution in [0.4, 0.5) is 0 Å². The van der Waals surface area contributed by atoms with E-state index in [0.717, 1.165) is 11.1 Å². The van der Waals surface area contributed by atoms with Crippen molar-refractivity contribution in [2.75, 3.05) is 18.6 Å². The minimum Gasteiger partial charge on any atom is -0.392 e. The van der Waals surface area contributed by atoms with Crippen LogP contribution in [0.3, 0.4) is 0 Å². The molecule has 0 saturated carbocycles. The molecule has 0 spiro atoms. The van der Waals surface area contributed by atoms with Crippen molar-refractivity contribution in [3.63, 3.8) is 0 Å². The number of aliphatic hydroxyl groups excluding tert-OH is 1. The molecule has 0 aliphatic carbocycles. The van der Waals surface area contributed by atoms with E-state index in [1.54, 1.807) is 0 Å². The highest BCUT2D eigenvalue weighted by molar-refractivity contribution is 7.90. The van der Waals surface area contributed by atoms with Crippen LogP contribution in [0.5, 0.6) is 0 Å². The van der Waals surface area contributed by atoms with Crippen molar-refractivity contribution in [1.82, 2.24) is 5.32 Å². The number of rotatable bonds is 7. The number of benzene rings is 1. The van der Waals surface area contributed by atoms with E-state index < -0.39 is 9.84 Å². The highest BCUT2D eigenvalue weighted by Crippen LogP contribution is 2.14. The van der Waals surface area contributed by atoms with Gasteiger partial charge < -0.3 is 10.4 Å². The van der Waals surface area contributed by atoms with Crippen LogP contribution in [0.25, 0.3) is 0 Å². The third kappa shape index (κ3) is 5.62. The van der Waals surface area contributed by atoms with Crippen molar-refractivity contribution in [2.45, 2.75) is 26.0 Å². The molecule has 0 aliphatic heterocycles. The Kier molecular flexibility index (Phi) is 5.78. The molecule has 0 aromatic heterocycles. The smallest absolute Gasteiger partial charge is 0.147 e. The van der Waals surface area contributed by atoms with E-state index in [4.69, 9.17) is 5.11 Å². The molecule has 5 heteroatoms. The zero-order chi connectivity index (χ0) is 13.6. The summed E-state index contributed by atoms with van der Waals surface area (Å²) in [5, 5.41) is 12.3. The van der Waals surface area contributed by atoms with Gasteiger partial charge in [0, 0.05) is 12.3 Å². The molecule has 2 N–H and O–H groups in total. The summed E-state index contributed by atoms with van der Waals surface area (Å²) < 4.78 is 21.9. The molecule has 1 atom stereocenters. The van der Waals surface area contributed by atoms with Crippen molar-refractivity contribution in [3.8, 4) is 0 Å². The second kappa shape index (κ2) is 6.87. The molecular formula is C13H21NO3S. The van der Waals surface area contributed by atoms with Gasteiger partial charge in [-0.05, 0) is 31.0 Å². The van der Waals surface area contributed by atoms with Gasteiger partial charge in [0.05, 0.1) is 12.4 Å². The van der Waals surface area contributed by atoms with Crippen LogP contribution in [0.1, 0.15) is 30.5 Å². The molecule has 4 nitrogen and oxygen atoms in total. The van der Waals surface area contributed by atoms with Crippen molar-refractivity contribution < 1.29 is 13.5 Å². The Hall–Kier alpha value is -0.910. The van der Waals surface area contributed by atoms with Crippen LogP contribution < -0.4 is 5.32 Å². The fraction of sp³-hybridized carbons (Fsp3) is 0.538. The maximum atomic E-state index is 11.0. The lowest BCUT2D eigenvalue weighted by Gasteiger charge is -2.14. The van der Waals surface area contributed by atoms with Gasteiger partial charge in [-0.1, -0.05) is 24.3 Å². The Morgan fingerprint density at radius 2 is 2.11 bits per heavy atom. The SMILES string of the molecule is CC(NCCCS(C)(=O)=O)c1cccc(CO)c1. The Bertz CT molecular complexity index is 471. The summed E-state index contributed by atoms with van der Waals surface area (Å²) in [4.78, 5) is 0. The highest BCUT2D eigenvalue weighted by Gasteiger charge is 2.06. The first-order chi connectivity index (χ1) is 8.42. The largest absolute Gasteiger partial charge is 0.392 e. The molecule has 0 heterocycles. The first kappa shape index (κ1) is 15.1. The van der Waals surface area contributed by atoms with Crippen molar-refractivity contribution >= 4 is 9.84 Å². The minimum atomic E-state index is -2.87. The average Bonchev–Trinajstić information content (AvgIpc) is 2.33. The molecule has 0 fully saturated rings. The number of aliphatic hydroxyl groups is 1. The Morgan fingerprint density at radius 3 is 2.72 bits per heavy atom. The van der Waals surface area contributed by atoms with E-state index in [1.807, 2.05) is 31.2 Å². The van der Waals surface area contributed by atoms with Crippen molar-refractivity contribution in [2.24, 2.45) is 0 Å². The van der Waals surface area contributed by atoms with Gasteiger partial charge in [0.1, 0.15) is 9.84 Å². The molecule has 18 heavy (non-hydrogen) atoms. The maximum Gasteiger partial charge on any atom is 0.147 e. The highest BCUT2D eigenvalue weighted by atomic mass is 32.2. The van der Waals surface area contributed by atoms with E-state index in [2.05, 4.69) is 5.32 Å². The molecule has 0 radical (unpaired) electrons. The Balaban J connectivity index is 2.42. The average molecular weight is 271 g/mol. The molecule has 1 unspecified atom stereocenters. The third-order valence-corrected chi connectivity index (χ3v) is 3.81. The van der Waals surface area contributed by atoms with E-state index in [-0.39, 0.29) is 18.4 Å². The third-order valence-electron chi connectivity index (χ3n) is 2.78. The fourth-order valence-corrected chi connectivity index (χ4v) is 2.40. The van der Waals surface area contributed by atoms with Crippen LogP contribution in [0.2, 0.25) is 0 Å². The number of hydrogen-bond donors (Lipinski definition) is 2. The molecule has 0 bridgehead atoms. The van der Waals surface area contributed by atoms with Crippen LogP contribution in [-0.2, 0) is 16.4 Å². The predicted molar refractivity (Wildman–Crippen MR) is 73.1 cm³/mol. The zero-order valence-electron chi connectivity index (χ0n) is 10.9. The topological polar surface area (TPSA) is 66.4 Å². The van der Waals surface area contributed by atoms with E-state index in [1.165, 1.54) is 6.26 Å². The van der Waals surface area contributed by atoms with Gasteiger partial charge in [0.25, 0.3) is 0 Å². The number of nitrogens with one attached hydrogen (secondary N) is 1. The lowest BCUT2D eigenvalue weighted by molar-refractivity contribution is 0.281. The second-order valence-corrected chi connectivity index (χ2v) is 6.82. The van der Waals surface area contributed by atoms with Gasteiger partial charge in [-0.2, -0.15) is 0 Å². The normalized spacial score (nSPS) is 13.5. The van der Waals surface area contributed by atoms with Crippen molar-refractivity contribution in [3.05, 3.63) is 35.4 Å². The molecule has 0 amide bonds. The molecule has 102 valence electrons. The zero-order valence-corrected chi connectivity index (χ0v) is 11.7. The van der Waals surface area contributed by atoms with Gasteiger partial charge >= 0.3 is 0 Å². The quantitative estimate of drug-likeness (QED) is 0.733. The number of hydrogen-bond acceptors (Lipinski definition) is 4. The molecule has 1 aromatic rings. The van der Waals surface area contributed by atoms with Crippen LogP contribution >= 0.6 is 0 Å². The lowest BCUT2D eigenvalue weighted by atomic mass is 10.1. The summed E-state index contributed by atoms with van der Waals surface area (Å²) in [7, 11) is -2.87. The molecule has 1 aromatic carbocycles. The summed E-state index contributed by atoms with van der Waals surface area (Å²) in [6, 6.07) is 7.88. The van der Waals surface area contributed by atoms with E-state index in [9.17, 15) is 8.42 Å². The minimum absolute atomic E-state index is 0.0363. The van der Waals surface area contributed by atoms with Crippen LogP contribution in [0, 0.1) is 0 Å². The summed E-state index contributed by atoms with van der Waals surface area (Å²) in [5.41, 5.74) is 1.98. The first-order valence-electron chi connectivity index (χ1n) is 6.03. The summed E-state index contributed by atoms with van der Waals surface area (Å²) in [5.74, 6) is 0.212. The van der Waals surface area contributed by atoms with E-state index >= 15 is 0 Å². The van der Waals surface area contributed by atoms with E-state index in [0.29, 0.717) is 13.0 Å². The Labute approximate surface area is 109 Å². The monoisotopic (exact) mass is 271 g/mol. The molecule has 0 aliphatic rings. The lowest BCUT2D eigenvalue weighted by Crippen LogP contribution is -2.22. The van der Waals surface area contributed by atoms with Gasteiger partial charge in [0.15, 0.2) is 0 Å². The summed E-state index contributed by atoms with van der Waals surface area (Å²) in [6.07, 6.45) is 1.87. The van der Waals surface area contributed by atoms with Gasteiger partial charge in [-0.3, -0.25) is 0 Å². The second-order valence-electron chi connectivity index (χ2n) is 4.56. The number of sulfone groups is 1. The fourth-order valence-electron chi connectivity index (χ4n) is 1.73. The standard InChI is InChI=1S/C13H21NO3S/c1-11(14-7-4-8-18(2,16)17)13-6-3-5-12(9-13)10-15/h3,5-6,9,11,14-15H,4,7-8,10H2,1-2H3. The van der Waals surface area contributed by atoms with Crippen LogP contribution in [0.15, 0.2) is 24.3 Å². The molecule has 0 saturated heterocycles. The van der Waals surface area contributed by atoms with Crippen molar-refractivity contribution in [1.29, 1.82) is 0 Å². The Morgan fingerprint density at radius 1 is 1.39 bits per heavy atom. The summed E-state index contributed by atoms with van der Waals surface area (Å²) in [6.45, 7) is 2.73. The van der Waals surface area contributed by atoms with Gasteiger partial charge in [-0.15, -0.1) is 0 Å². The maximum absolute atomic E-state index is 11.0. The van der Waals surface area contributed by atoms with Gasteiger partial charge in [0.2, 0.25) is 0 Å². The first-order valence-corrected chi connectivity index (χ1v) is 8.09. The molecule has 1 rings (SSSR count). The van der Waals surface area contributed by atoms with Gasteiger partial charge in [-0.25, -0.2) is 8.42 Å². The molecular weight excluding hydrogens is 250 g/mol.